The predicted octanol–water partition coefficient (Wildman–Crippen LogP) is 2.13. The molecule has 0 amide bonds. The lowest BCUT2D eigenvalue weighted by Gasteiger charge is -2.25. The van der Waals surface area contributed by atoms with Crippen molar-refractivity contribution in [3.05, 3.63) is 28.7 Å². The van der Waals surface area contributed by atoms with Crippen molar-refractivity contribution in [2.24, 2.45) is 5.73 Å². The smallest absolute Gasteiger partial charge is 0.243 e. The number of halogens is 1. The van der Waals surface area contributed by atoms with Gasteiger partial charge in [-0.05, 0) is 38.1 Å². The highest BCUT2D eigenvalue weighted by atomic mass is 79.9. The molecule has 0 fully saturated rings. The summed E-state index contributed by atoms with van der Waals surface area (Å²) in [5, 5.41) is 0. The zero-order chi connectivity index (χ0) is 13.9. The van der Waals surface area contributed by atoms with Crippen molar-refractivity contribution >= 4 is 43.2 Å². The van der Waals surface area contributed by atoms with Crippen molar-refractivity contribution in [3.63, 3.8) is 0 Å². The first kappa shape index (κ1) is 15.6. The highest BCUT2D eigenvalue weighted by molar-refractivity contribution is 9.10. The third-order valence-electron chi connectivity index (χ3n) is 2.31. The molecular weight excluding hydrogens is 336 g/mol. The normalized spacial score (nSPS) is 12.1. The monoisotopic (exact) mass is 350 g/mol. The van der Waals surface area contributed by atoms with Gasteiger partial charge in [-0.3, -0.25) is 0 Å². The van der Waals surface area contributed by atoms with Gasteiger partial charge in [-0.2, -0.15) is 4.31 Å². The first-order valence-corrected chi connectivity index (χ1v) is 7.95. The van der Waals surface area contributed by atoms with E-state index in [1.54, 1.807) is 38.1 Å². The van der Waals surface area contributed by atoms with Crippen LogP contribution in [0.3, 0.4) is 0 Å². The van der Waals surface area contributed by atoms with Crippen LogP contribution in [0.15, 0.2) is 33.6 Å². The van der Waals surface area contributed by atoms with Gasteiger partial charge in [0.1, 0.15) is 0 Å². The number of hydrogen-bond acceptors (Lipinski definition) is 3. The van der Waals surface area contributed by atoms with Crippen LogP contribution in [-0.2, 0) is 10.0 Å². The Morgan fingerprint density at radius 3 is 2.28 bits per heavy atom. The van der Waals surface area contributed by atoms with Crippen LogP contribution < -0.4 is 5.73 Å². The van der Waals surface area contributed by atoms with E-state index in [0.717, 1.165) is 4.47 Å². The molecule has 0 aliphatic rings. The third-order valence-corrected chi connectivity index (χ3v) is 5.00. The second-order valence-corrected chi connectivity index (χ2v) is 7.39. The van der Waals surface area contributed by atoms with E-state index in [1.165, 1.54) is 4.31 Å². The van der Waals surface area contributed by atoms with E-state index in [1.807, 2.05) is 0 Å². The number of thiocarbonyl (C=S) groups is 1. The summed E-state index contributed by atoms with van der Waals surface area (Å²) >= 11 is 8.06. The minimum absolute atomic E-state index is 0.0470. The Morgan fingerprint density at radius 2 is 1.89 bits per heavy atom. The largest absolute Gasteiger partial charge is 0.392 e. The van der Waals surface area contributed by atoms with Crippen molar-refractivity contribution in [1.29, 1.82) is 0 Å². The molecule has 0 radical (unpaired) electrons. The molecule has 0 aromatic heterocycles. The van der Waals surface area contributed by atoms with Gasteiger partial charge in [0.2, 0.25) is 10.0 Å². The molecule has 100 valence electrons. The standard InChI is InChI=1S/C11H15BrN2O2S2/c1-8(2)14(7-11(13)17)18(15,16)10-5-3-9(12)4-6-10/h3-6,8H,7H2,1-2H3,(H2,13,17). The maximum absolute atomic E-state index is 12.4. The van der Waals surface area contributed by atoms with E-state index in [4.69, 9.17) is 18.0 Å². The maximum Gasteiger partial charge on any atom is 0.243 e. The van der Waals surface area contributed by atoms with Gasteiger partial charge < -0.3 is 5.73 Å². The van der Waals surface area contributed by atoms with Gasteiger partial charge in [-0.25, -0.2) is 8.42 Å². The molecule has 18 heavy (non-hydrogen) atoms. The molecule has 1 aromatic carbocycles. The molecule has 0 atom stereocenters. The maximum atomic E-state index is 12.4. The van der Waals surface area contributed by atoms with E-state index in [-0.39, 0.29) is 22.5 Å². The van der Waals surface area contributed by atoms with Gasteiger partial charge >= 0.3 is 0 Å². The lowest BCUT2D eigenvalue weighted by atomic mass is 10.4. The number of nitrogens with zero attached hydrogens (tertiary/aromatic N) is 1. The van der Waals surface area contributed by atoms with Crippen LogP contribution in [0.4, 0.5) is 0 Å². The van der Waals surface area contributed by atoms with E-state index >= 15 is 0 Å². The second kappa shape index (κ2) is 6.10. The fourth-order valence-corrected chi connectivity index (χ4v) is 3.54. The zero-order valence-electron chi connectivity index (χ0n) is 10.1. The van der Waals surface area contributed by atoms with Crippen LogP contribution >= 0.6 is 28.1 Å². The number of rotatable bonds is 5. The molecule has 0 heterocycles. The fraction of sp³-hybridized carbons (Fsp3) is 0.364. The van der Waals surface area contributed by atoms with Crippen LogP contribution in [0, 0.1) is 0 Å². The molecule has 1 rings (SSSR count). The summed E-state index contributed by atoms with van der Waals surface area (Å²) in [7, 11) is -3.57. The van der Waals surface area contributed by atoms with E-state index in [9.17, 15) is 8.42 Å². The molecule has 0 aliphatic carbocycles. The van der Waals surface area contributed by atoms with Crippen molar-refractivity contribution < 1.29 is 8.42 Å². The number of hydrogen-bond donors (Lipinski definition) is 1. The molecule has 0 saturated heterocycles. The summed E-state index contributed by atoms with van der Waals surface area (Å²) in [6, 6.07) is 6.27. The highest BCUT2D eigenvalue weighted by Gasteiger charge is 2.27. The van der Waals surface area contributed by atoms with Gasteiger partial charge in [-0.1, -0.05) is 28.1 Å². The molecule has 1 aromatic rings. The number of nitrogens with two attached hydrogens (primary N) is 1. The topological polar surface area (TPSA) is 63.4 Å². The fourth-order valence-electron chi connectivity index (χ4n) is 1.44. The van der Waals surface area contributed by atoms with Gasteiger partial charge in [0, 0.05) is 10.5 Å². The van der Waals surface area contributed by atoms with Crippen LogP contribution in [0.1, 0.15) is 13.8 Å². The number of sulfonamides is 1. The molecular formula is C11H15BrN2O2S2. The van der Waals surface area contributed by atoms with Crippen molar-refractivity contribution in [2.45, 2.75) is 24.8 Å². The summed E-state index contributed by atoms with van der Waals surface area (Å²) in [6.07, 6.45) is 0. The first-order chi connectivity index (χ1) is 8.25. The van der Waals surface area contributed by atoms with Crippen molar-refractivity contribution in [1.82, 2.24) is 4.31 Å². The Morgan fingerprint density at radius 1 is 1.39 bits per heavy atom. The van der Waals surface area contributed by atoms with Crippen LogP contribution in [0.5, 0.6) is 0 Å². The first-order valence-electron chi connectivity index (χ1n) is 5.31. The SMILES string of the molecule is CC(C)N(CC(N)=S)S(=O)(=O)c1ccc(Br)cc1. The zero-order valence-corrected chi connectivity index (χ0v) is 13.3. The molecule has 4 nitrogen and oxygen atoms in total. The predicted molar refractivity (Wildman–Crippen MR) is 80.0 cm³/mol. The summed E-state index contributed by atoms with van der Waals surface area (Å²) in [5.74, 6) is 0. The summed E-state index contributed by atoms with van der Waals surface area (Å²) in [5.41, 5.74) is 5.45. The van der Waals surface area contributed by atoms with Gasteiger partial charge in [0.25, 0.3) is 0 Å². The second-order valence-electron chi connectivity index (χ2n) is 4.06. The van der Waals surface area contributed by atoms with E-state index in [2.05, 4.69) is 15.9 Å². The Labute approximate surface area is 121 Å². The molecule has 0 spiro atoms. The van der Waals surface area contributed by atoms with E-state index < -0.39 is 10.0 Å². The summed E-state index contributed by atoms with van der Waals surface area (Å²) in [4.78, 5) is 0.389. The van der Waals surface area contributed by atoms with Gasteiger partial charge in [0.05, 0.1) is 16.4 Å². The number of benzene rings is 1. The van der Waals surface area contributed by atoms with Gasteiger partial charge in [-0.15, -0.1) is 0 Å². The molecule has 0 aliphatic heterocycles. The lowest BCUT2D eigenvalue weighted by Crippen LogP contribution is -2.42. The average molecular weight is 351 g/mol. The van der Waals surface area contributed by atoms with Crippen molar-refractivity contribution in [2.75, 3.05) is 6.54 Å². The average Bonchev–Trinajstić information content (AvgIpc) is 2.25. The van der Waals surface area contributed by atoms with Crippen LogP contribution in [0.2, 0.25) is 0 Å². The Hall–Kier alpha value is -0.500. The van der Waals surface area contributed by atoms with Gasteiger partial charge in [0.15, 0.2) is 0 Å². The molecule has 7 heteroatoms. The summed E-state index contributed by atoms with van der Waals surface area (Å²) in [6.45, 7) is 3.62. The highest BCUT2D eigenvalue weighted by Crippen LogP contribution is 2.20. The quantitative estimate of drug-likeness (QED) is 0.826. The minimum Gasteiger partial charge on any atom is -0.392 e. The Bertz CT molecular complexity index is 526. The van der Waals surface area contributed by atoms with Crippen LogP contribution in [-0.4, -0.2) is 30.3 Å². The molecule has 0 unspecified atom stereocenters. The lowest BCUT2D eigenvalue weighted by molar-refractivity contribution is 0.391. The third kappa shape index (κ3) is 3.74. The minimum atomic E-state index is -3.57. The summed E-state index contributed by atoms with van der Waals surface area (Å²) < 4.78 is 26.9. The Balaban J connectivity index is 3.16. The Kier molecular flexibility index (Phi) is 5.27. The molecule has 0 bridgehead atoms. The van der Waals surface area contributed by atoms with Crippen molar-refractivity contribution in [3.8, 4) is 0 Å². The van der Waals surface area contributed by atoms with E-state index in [0.29, 0.717) is 0 Å². The molecule has 0 saturated carbocycles. The van der Waals surface area contributed by atoms with Crippen LogP contribution in [0.25, 0.3) is 0 Å². The molecule has 2 N–H and O–H groups in total.